The van der Waals surface area contributed by atoms with Gasteiger partial charge in [-0.05, 0) is 31.1 Å². The Morgan fingerprint density at radius 3 is 0.983 bits per heavy atom. The predicted octanol–water partition coefficient (Wildman–Crippen LogP) is 16.5. The van der Waals surface area contributed by atoms with Crippen LogP contribution < -0.4 is 0 Å². The molecule has 0 aromatic heterocycles. The molecule has 1 unspecified atom stereocenters. The van der Waals surface area contributed by atoms with E-state index in [0.717, 1.165) is 69.6 Å². The van der Waals surface area contributed by atoms with Crippen LogP contribution in [-0.2, 0) is 28.6 Å². The number of carbonyl (C=O) groups excluding carboxylic acids is 3. The molecule has 0 aromatic rings. The zero-order valence-electron chi connectivity index (χ0n) is 39.7. The maximum absolute atomic E-state index is 12.8. The second-order valence-corrected chi connectivity index (χ2v) is 18.5. The van der Waals surface area contributed by atoms with E-state index >= 15 is 0 Å². The van der Waals surface area contributed by atoms with Crippen LogP contribution in [-0.4, -0.2) is 37.2 Å². The number of ether oxygens (including phenoxy) is 3. The Bertz CT molecular complexity index is 887. The first-order chi connectivity index (χ1) is 28.3. The van der Waals surface area contributed by atoms with Crippen LogP contribution in [0.2, 0.25) is 0 Å². The van der Waals surface area contributed by atoms with Crippen LogP contribution in [0.3, 0.4) is 0 Å². The highest BCUT2D eigenvalue weighted by atomic mass is 16.6. The Hall–Kier alpha value is -1.59. The molecule has 0 rings (SSSR count). The largest absolute Gasteiger partial charge is 0.462 e. The molecule has 58 heavy (non-hydrogen) atoms. The number of unbranched alkanes of at least 4 members (excludes halogenated alkanes) is 30. The first-order valence-corrected chi connectivity index (χ1v) is 25.8. The molecule has 2 atom stereocenters. The van der Waals surface area contributed by atoms with Crippen LogP contribution in [0.15, 0.2) is 0 Å². The van der Waals surface area contributed by atoms with Gasteiger partial charge in [0.2, 0.25) is 0 Å². The van der Waals surface area contributed by atoms with E-state index in [1.54, 1.807) is 0 Å². The van der Waals surface area contributed by atoms with Crippen molar-refractivity contribution < 1.29 is 28.6 Å². The van der Waals surface area contributed by atoms with Crippen molar-refractivity contribution >= 4 is 17.9 Å². The zero-order valence-corrected chi connectivity index (χ0v) is 39.7. The van der Waals surface area contributed by atoms with E-state index in [1.165, 1.54) is 173 Å². The van der Waals surface area contributed by atoms with Crippen molar-refractivity contribution in [3.8, 4) is 0 Å². The summed E-state index contributed by atoms with van der Waals surface area (Å²) in [4.78, 5) is 37.8. The quantitative estimate of drug-likeness (QED) is 0.0346. The molecule has 344 valence electrons. The van der Waals surface area contributed by atoms with Gasteiger partial charge >= 0.3 is 17.9 Å². The Kier molecular flexibility index (Phi) is 43.7. The lowest BCUT2D eigenvalue weighted by atomic mass is 9.99. The average molecular weight is 821 g/mol. The maximum Gasteiger partial charge on any atom is 0.306 e. The summed E-state index contributed by atoms with van der Waals surface area (Å²) in [5.74, 6) is 0.874. The van der Waals surface area contributed by atoms with Gasteiger partial charge in [-0.25, -0.2) is 0 Å². The molecule has 0 aliphatic rings. The van der Waals surface area contributed by atoms with Crippen LogP contribution in [0.5, 0.6) is 0 Å². The summed E-state index contributed by atoms with van der Waals surface area (Å²) in [6.07, 6.45) is 45.2. The predicted molar refractivity (Wildman–Crippen MR) is 247 cm³/mol. The van der Waals surface area contributed by atoms with Crippen molar-refractivity contribution in [1.29, 1.82) is 0 Å². The second kappa shape index (κ2) is 44.9. The molecule has 0 radical (unpaired) electrons. The van der Waals surface area contributed by atoms with E-state index < -0.39 is 6.10 Å². The summed E-state index contributed by atoms with van der Waals surface area (Å²) < 4.78 is 16.7. The highest BCUT2D eigenvalue weighted by Crippen LogP contribution is 2.18. The molecule has 0 bridgehead atoms. The van der Waals surface area contributed by atoms with Crippen LogP contribution in [0, 0.1) is 11.8 Å². The third-order valence-corrected chi connectivity index (χ3v) is 12.1. The maximum atomic E-state index is 12.8. The molecule has 6 nitrogen and oxygen atoms in total. The number of carbonyl (C=O) groups is 3. The lowest BCUT2D eigenvalue weighted by Gasteiger charge is -2.18. The molecule has 0 amide bonds. The van der Waals surface area contributed by atoms with Gasteiger partial charge in [-0.15, -0.1) is 0 Å². The smallest absolute Gasteiger partial charge is 0.306 e. The molecule has 0 heterocycles. The minimum absolute atomic E-state index is 0.0641. The van der Waals surface area contributed by atoms with Gasteiger partial charge in [0.15, 0.2) is 6.10 Å². The molecule has 6 heteroatoms. The number of hydrogen-bond acceptors (Lipinski definition) is 6. The van der Waals surface area contributed by atoms with Gasteiger partial charge in [0, 0.05) is 19.3 Å². The fourth-order valence-electron chi connectivity index (χ4n) is 7.78. The second-order valence-electron chi connectivity index (χ2n) is 18.5. The molecule has 0 saturated carbocycles. The molecule has 0 aliphatic heterocycles. The molecular formula is C52H100O6. The van der Waals surface area contributed by atoms with Crippen molar-refractivity contribution in [2.75, 3.05) is 13.2 Å². The normalized spacial score (nSPS) is 12.5. The summed E-state index contributed by atoms with van der Waals surface area (Å²) in [6.45, 7) is 11.4. The van der Waals surface area contributed by atoms with Crippen LogP contribution >= 0.6 is 0 Å². The van der Waals surface area contributed by atoms with E-state index in [-0.39, 0.29) is 31.1 Å². The van der Waals surface area contributed by atoms with Gasteiger partial charge in [-0.1, -0.05) is 247 Å². The molecule has 0 spiro atoms. The Balaban J connectivity index is 4.20. The molecule has 0 aromatic carbocycles. The topological polar surface area (TPSA) is 78.9 Å². The van der Waals surface area contributed by atoms with Gasteiger partial charge in [-0.2, -0.15) is 0 Å². The number of rotatable bonds is 46. The minimum atomic E-state index is -0.760. The highest BCUT2D eigenvalue weighted by Gasteiger charge is 2.19. The van der Waals surface area contributed by atoms with E-state index in [9.17, 15) is 14.4 Å². The van der Waals surface area contributed by atoms with E-state index in [1.807, 2.05) is 0 Å². The Morgan fingerprint density at radius 2 is 0.655 bits per heavy atom. The van der Waals surface area contributed by atoms with Gasteiger partial charge in [0.25, 0.3) is 0 Å². The molecule has 0 aliphatic carbocycles. The van der Waals surface area contributed by atoms with Crippen molar-refractivity contribution in [2.45, 2.75) is 291 Å². The van der Waals surface area contributed by atoms with E-state index in [0.29, 0.717) is 19.3 Å². The lowest BCUT2D eigenvalue weighted by Crippen LogP contribution is -2.30. The van der Waals surface area contributed by atoms with Crippen LogP contribution in [0.4, 0.5) is 0 Å². The lowest BCUT2D eigenvalue weighted by molar-refractivity contribution is -0.167. The summed E-state index contributed by atoms with van der Waals surface area (Å²) in [5.41, 5.74) is 0. The minimum Gasteiger partial charge on any atom is -0.462 e. The standard InChI is InChI=1S/C52H100O6/c1-6-8-9-10-25-32-37-42-50(53)56-45-49(46-57-51(54)43-38-33-28-23-19-16-15-17-21-26-30-35-40-47(3)4)58-52(55)44-39-34-29-24-20-14-12-11-13-18-22-27-31-36-41-48(5)7-2/h47-49H,6-46H2,1-5H3/t48?,49-/m1/s1. The third kappa shape index (κ3) is 44.0. The van der Waals surface area contributed by atoms with Gasteiger partial charge in [0.1, 0.15) is 13.2 Å². The van der Waals surface area contributed by atoms with E-state index in [4.69, 9.17) is 14.2 Å². The van der Waals surface area contributed by atoms with Gasteiger partial charge in [-0.3, -0.25) is 14.4 Å². The fraction of sp³-hybridized carbons (Fsp3) is 0.942. The van der Waals surface area contributed by atoms with Crippen molar-refractivity contribution in [2.24, 2.45) is 11.8 Å². The van der Waals surface area contributed by atoms with Crippen molar-refractivity contribution in [3.05, 3.63) is 0 Å². The molecular weight excluding hydrogens is 721 g/mol. The number of hydrogen-bond donors (Lipinski definition) is 0. The Labute approximate surface area is 361 Å². The number of esters is 3. The SMILES string of the molecule is CCCCCCCCCC(=O)OC[C@H](COC(=O)CCCCCCCCCCCCCCC(C)C)OC(=O)CCCCCCCCCCCCCCCCC(C)CC. The van der Waals surface area contributed by atoms with Crippen LogP contribution in [0.25, 0.3) is 0 Å². The summed E-state index contributed by atoms with van der Waals surface area (Å²) >= 11 is 0. The van der Waals surface area contributed by atoms with Crippen LogP contribution in [0.1, 0.15) is 285 Å². The average Bonchev–Trinajstić information content (AvgIpc) is 3.21. The van der Waals surface area contributed by atoms with Crippen molar-refractivity contribution in [1.82, 2.24) is 0 Å². The summed E-state index contributed by atoms with van der Waals surface area (Å²) in [5, 5.41) is 0. The molecule has 0 fully saturated rings. The fourth-order valence-corrected chi connectivity index (χ4v) is 7.78. The summed E-state index contributed by atoms with van der Waals surface area (Å²) in [6, 6.07) is 0. The molecule has 0 saturated heterocycles. The van der Waals surface area contributed by atoms with E-state index in [2.05, 4.69) is 34.6 Å². The highest BCUT2D eigenvalue weighted by molar-refractivity contribution is 5.71. The van der Waals surface area contributed by atoms with Crippen molar-refractivity contribution in [3.63, 3.8) is 0 Å². The first kappa shape index (κ1) is 56.4. The monoisotopic (exact) mass is 821 g/mol. The van der Waals surface area contributed by atoms with Gasteiger partial charge < -0.3 is 14.2 Å². The third-order valence-electron chi connectivity index (χ3n) is 12.1. The van der Waals surface area contributed by atoms with Gasteiger partial charge in [0.05, 0.1) is 0 Å². The zero-order chi connectivity index (χ0) is 42.6. The summed E-state index contributed by atoms with van der Waals surface area (Å²) in [7, 11) is 0. The first-order valence-electron chi connectivity index (χ1n) is 25.8. The Morgan fingerprint density at radius 1 is 0.362 bits per heavy atom. The molecule has 0 N–H and O–H groups in total.